The van der Waals surface area contributed by atoms with Crippen LogP contribution in [-0.2, 0) is 22.6 Å². The Balaban J connectivity index is 1.93. The van der Waals surface area contributed by atoms with Crippen molar-refractivity contribution in [2.45, 2.75) is 43.3 Å². The minimum Gasteiger partial charge on any atom is -0.469 e. The summed E-state index contributed by atoms with van der Waals surface area (Å²) >= 11 is 0. The van der Waals surface area contributed by atoms with Gasteiger partial charge in [0, 0.05) is 12.0 Å². The average Bonchev–Trinajstić information content (AvgIpc) is 2.95. The molecular formula is C16H16F3NO3S. The molecule has 0 saturated carbocycles. The molecule has 1 aromatic carbocycles. The molecule has 8 heteroatoms. The quantitative estimate of drug-likeness (QED) is 0.902. The largest absolute Gasteiger partial charge is 0.469 e. The zero-order valence-electron chi connectivity index (χ0n) is 12.9. The van der Waals surface area contributed by atoms with Crippen LogP contribution in [0.25, 0.3) is 0 Å². The number of furan rings is 1. The van der Waals surface area contributed by atoms with Gasteiger partial charge in [-0.2, -0.15) is 13.2 Å². The second-order valence-electron chi connectivity index (χ2n) is 5.84. The van der Waals surface area contributed by atoms with E-state index < -0.39 is 32.7 Å². The zero-order chi connectivity index (χ0) is 17.5. The van der Waals surface area contributed by atoms with E-state index in [2.05, 4.69) is 4.72 Å². The lowest BCUT2D eigenvalue weighted by Gasteiger charge is -2.23. The van der Waals surface area contributed by atoms with E-state index in [-0.39, 0.29) is 5.56 Å². The van der Waals surface area contributed by atoms with E-state index in [4.69, 9.17) is 4.42 Å². The SMILES string of the molecule is Cc1ccc(S(=O)(=O)NC2CCCc3occc32)cc1C(F)(F)F. The van der Waals surface area contributed by atoms with E-state index in [1.807, 2.05) is 0 Å². The van der Waals surface area contributed by atoms with E-state index in [1.54, 1.807) is 6.07 Å². The van der Waals surface area contributed by atoms with Crippen LogP contribution in [0.3, 0.4) is 0 Å². The van der Waals surface area contributed by atoms with Crippen molar-refractivity contribution in [2.75, 3.05) is 0 Å². The van der Waals surface area contributed by atoms with Gasteiger partial charge in [-0.1, -0.05) is 6.07 Å². The third-order valence-corrected chi connectivity index (χ3v) is 5.64. The molecule has 2 aromatic rings. The van der Waals surface area contributed by atoms with Gasteiger partial charge in [-0.05, 0) is 43.5 Å². The average molecular weight is 359 g/mol. The van der Waals surface area contributed by atoms with Crippen LogP contribution in [0.15, 0.2) is 39.8 Å². The molecule has 1 aliphatic carbocycles. The van der Waals surface area contributed by atoms with Crippen LogP contribution in [0.5, 0.6) is 0 Å². The van der Waals surface area contributed by atoms with E-state index in [0.29, 0.717) is 18.2 Å². The number of sulfonamides is 1. The fraction of sp³-hybridized carbons (Fsp3) is 0.375. The third kappa shape index (κ3) is 3.21. The van der Waals surface area contributed by atoms with Crippen molar-refractivity contribution in [1.29, 1.82) is 0 Å². The summed E-state index contributed by atoms with van der Waals surface area (Å²) in [6, 6.07) is 4.23. The fourth-order valence-electron chi connectivity index (χ4n) is 2.94. The standard InChI is InChI=1S/C16H16F3NO3S/c1-10-5-6-11(9-13(10)16(17,18)19)24(21,22)20-14-3-2-4-15-12(14)7-8-23-15/h5-9,14,20H,2-4H2,1H3. The van der Waals surface area contributed by atoms with Gasteiger partial charge in [0.2, 0.25) is 10.0 Å². The molecule has 1 heterocycles. The predicted octanol–water partition coefficient (Wildman–Crippen LogP) is 3.96. The van der Waals surface area contributed by atoms with Crippen LogP contribution in [0.2, 0.25) is 0 Å². The van der Waals surface area contributed by atoms with E-state index in [9.17, 15) is 21.6 Å². The molecule has 0 bridgehead atoms. The summed E-state index contributed by atoms with van der Waals surface area (Å²) in [5.41, 5.74) is -0.220. The van der Waals surface area contributed by atoms with Gasteiger partial charge in [-0.3, -0.25) is 0 Å². The number of alkyl halides is 3. The molecule has 0 saturated heterocycles. The van der Waals surface area contributed by atoms with E-state index in [1.165, 1.54) is 25.3 Å². The summed E-state index contributed by atoms with van der Waals surface area (Å²) in [4.78, 5) is -0.393. The number of fused-ring (bicyclic) bond motifs is 1. The van der Waals surface area contributed by atoms with Crippen molar-refractivity contribution in [3.63, 3.8) is 0 Å². The first-order chi connectivity index (χ1) is 11.2. The van der Waals surface area contributed by atoms with Crippen molar-refractivity contribution < 1.29 is 26.0 Å². The van der Waals surface area contributed by atoms with Crippen molar-refractivity contribution in [2.24, 2.45) is 0 Å². The minimum absolute atomic E-state index is 0.0174. The molecule has 0 amide bonds. The molecule has 0 fully saturated rings. The second-order valence-corrected chi connectivity index (χ2v) is 7.55. The Bertz CT molecular complexity index is 856. The van der Waals surface area contributed by atoms with Crippen LogP contribution in [0.4, 0.5) is 13.2 Å². The lowest BCUT2D eigenvalue weighted by Crippen LogP contribution is -2.30. The maximum atomic E-state index is 13.0. The molecule has 1 N–H and O–H groups in total. The summed E-state index contributed by atoms with van der Waals surface area (Å²) in [6.07, 6.45) is -1.06. The van der Waals surface area contributed by atoms with E-state index >= 15 is 0 Å². The minimum atomic E-state index is -4.60. The Morgan fingerprint density at radius 2 is 2.00 bits per heavy atom. The summed E-state index contributed by atoms with van der Waals surface area (Å²) < 4.78 is 71.8. The van der Waals surface area contributed by atoms with Gasteiger partial charge in [-0.25, -0.2) is 13.1 Å². The van der Waals surface area contributed by atoms with Crippen LogP contribution in [0, 0.1) is 6.92 Å². The van der Waals surface area contributed by atoms with Gasteiger partial charge in [0.15, 0.2) is 0 Å². The van der Waals surface area contributed by atoms with Crippen LogP contribution >= 0.6 is 0 Å². The van der Waals surface area contributed by atoms with Crippen molar-refractivity contribution in [3.8, 4) is 0 Å². The Hall–Kier alpha value is -1.80. The molecular weight excluding hydrogens is 343 g/mol. The van der Waals surface area contributed by atoms with Gasteiger partial charge in [0.05, 0.1) is 22.8 Å². The number of hydrogen-bond donors (Lipinski definition) is 1. The molecule has 24 heavy (non-hydrogen) atoms. The molecule has 1 aromatic heterocycles. The summed E-state index contributed by atoms with van der Waals surface area (Å²) in [6.45, 7) is 1.30. The lowest BCUT2D eigenvalue weighted by atomic mass is 9.94. The molecule has 0 aliphatic heterocycles. The molecule has 0 spiro atoms. The normalized spacial score (nSPS) is 18.4. The zero-order valence-corrected chi connectivity index (χ0v) is 13.7. The van der Waals surface area contributed by atoms with E-state index in [0.717, 1.165) is 18.4 Å². The maximum Gasteiger partial charge on any atom is 0.416 e. The first kappa shape index (κ1) is 17.0. The number of nitrogens with one attached hydrogen (secondary N) is 1. The number of hydrogen-bond acceptors (Lipinski definition) is 3. The van der Waals surface area contributed by atoms with Crippen molar-refractivity contribution in [3.05, 3.63) is 53.0 Å². The Kier molecular flexibility index (Phi) is 4.21. The maximum absolute atomic E-state index is 13.0. The fourth-order valence-corrected chi connectivity index (χ4v) is 4.21. The molecule has 1 atom stereocenters. The molecule has 130 valence electrons. The highest BCUT2D eigenvalue weighted by atomic mass is 32.2. The molecule has 1 unspecified atom stereocenters. The highest BCUT2D eigenvalue weighted by Crippen LogP contribution is 2.35. The number of aryl methyl sites for hydroxylation is 2. The molecule has 4 nitrogen and oxygen atoms in total. The van der Waals surface area contributed by atoms with Gasteiger partial charge in [0.25, 0.3) is 0 Å². The van der Waals surface area contributed by atoms with Gasteiger partial charge in [-0.15, -0.1) is 0 Å². The second kappa shape index (κ2) is 5.93. The smallest absolute Gasteiger partial charge is 0.416 e. The number of benzene rings is 1. The molecule has 1 aliphatic rings. The van der Waals surface area contributed by atoms with Crippen LogP contribution in [-0.4, -0.2) is 8.42 Å². The molecule has 0 radical (unpaired) electrons. The van der Waals surface area contributed by atoms with Gasteiger partial charge < -0.3 is 4.42 Å². The first-order valence-electron chi connectivity index (χ1n) is 7.45. The van der Waals surface area contributed by atoms with Gasteiger partial charge in [0.1, 0.15) is 5.76 Å². The van der Waals surface area contributed by atoms with Crippen LogP contribution in [0.1, 0.15) is 41.3 Å². The summed E-state index contributed by atoms with van der Waals surface area (Å²) in [5.74, 6) is 0.717. The number of rotatable bonds is 3. The highest BCUT2D eigenvalue weighted by molar-refractivity contribution is 7.89. The third-order valence-electron chi connectivity index (χ3n) is 4.17. The van der Waals surface area contributed by atoms with Crippen molar-refractivity contribution in [1.82, 2.24) is 4.72 Å². The lowest BCUT2D eigenvalue weighted by molar-refractivity contribution is -0.138. The molecule has 3 rings (SSSR count). The summed E-state index contributed by atoms with van der Waals surface area (Å²) in [7, 11) is -4.07. The predicted molar refractivity (Wildman–Crippen MR) is 80.9 cm³/mol. The van der Waals surface area contributed by atoms with Gasteiger partial charge >= 0.3 is 6.18 Å². The van der Waals surface area contributed by atoms with Crippen molar-refractivity contribution >= 4 is 10.0 Å². The Morgan fingerprint density at radius 3 is 2.71 bits per heavy atom. The Morgan fingerprint density at radius 1 is 1.25 bits per heavy atom. The highest BCUT2D eigenvalue weighted by Gasteiger charge is 2.34. The Labute approximate surface area is 137 Å². The summed E-state index contributed by atoms with van der Waals surface area (Å²) in [5, 5.41) is 0. The van der Waals surface area contributed by atoms with Crippen LogP contribution < -0.4 is 4.72 Å². The monoisotopic (exact) mass is 359 g/mol. The number of halogens is 3. The topological polar surface area (TPSA) is 59.3 Å². The first-order valence-corrected chi connectivity index (χ1v) is 8.93.